The SMILES string of the molecule is COC(C)(C)C(O)/C(=C\c1ccc(Cl)cc1Cl)n1cncn1. The van der Waals surface area contributed by atoms with Gasteiger partial charge < -0.3 is 9.84 Å². The third-order valence-electron chi connectivity index (χ3n) is 3.41. The topological polar surface area (TPSA) is 60.2 Å². The number of aromatic nitrogens is 3. The maximum atomic E-state index is 10.7. The van der Waals surface area contributed by atoms with Gasteiger partial charge in [-0.25, -0.2) is 9.67 Å². The van der Waals surface area contributed by atoms with E-state index in [1.54, 1.807) is 38.1 Å². The Hall–Kier alpha value is -1.40. The van der Waals surface area contributed by atoms with Crippen LogP contribution in [0.4, 0.5) is 0 Å². The number of hydrogen-bond donors (Lipinski definition) is 1. The van der Waals surface area contributed by atoms with Crippen molar-refractivity contribution in [1.82, 2.24) is 14.8 Å². The Morgan fingerprint density at radius 2 is 2.14 bits per heavy atom. The Balaban J connectivity index is 2.52. The molecule has 1 aromatic heterocycles. The third-order valence-corrected chi connectivity index (χ3v) is 3.98. The first kappa shape index (κ1) is 17.0. The molecule has 5 nitrogen and oxygen atoms in total. The lowest BCUT2D eigenvalue weighted by Gasteiger charge is -2.30. The number of ether oxygens (including phenoxy) is 1. The molecular weight excluding hydrogens is 325 g/mol. The lowest BCUT2D eigenvalue weighted by molar-refractivity contribution is -0.0539. The molecule has 1 aromatic carbocycles. The number of aliphatic hydroxyl groups excluding tert-OH is 1. The van der Waals surface area contributed by atoms with Gasteiger partial charge in [-0.05, 0) is 37.6 Å². The summed E-state index contributed by atoms with van der Waals surface area (Å²) in [5.74, 6) is 0. The summed E-state index contributed by atoms with van der Waals surface area (Å²) in [7, 11) is 1.54. The summed E-state index contributed by atoms with van der Waals surface area (Å²) in [5.41, 5.74) is 0.396. The molecule has 1 unspecified atom stereocenters. The molecular formula is C15H17Cl2N3O2. The molecule has 0 saturated heterocycles. The summed E-state index contributed by atoms with van der Waals surface area (Å²) in [6.07, 6.45) is 3.69. The van der Waals surface area contributed by atoms with E-state index in [0.717, 1.165) is 0 Å². The smallest absolute Gasteiger partial charge is 0.138 e. The van der Waals surface area contributed by atoms with Gasteiger partial charge in [0.1, 0.15) is 18.8 Å². The van der Waals surface area contributed by atoms with Crippen molar-refractivity contribution >= 4 is 35.0 Å². The maximum Gasteiger partial charge on any atom is 0.138 e. The van der Waals surface area contributed by atoms with Crippen LogP contribution in [0.25, 0.3) is 11.8 Å². The Labute approximate surface area is 139 Å². The molecule has 0 bridgehead atoms. The summed E-state index contributed by atoms with van der Waals surface area (Å²) >= 11 is 12.1. The molecule has 7 heteroatoms. The molecule has 2 rings (SSSR count). The Morgan fingerprint density at radius 3 is 2.68 bits per heavy atom. The van der Waals surface area contributed by atoms with E-state index in [4.69, 9.17) is 27.9 Å². The van der Waals surface area contributed by atoms with E-state index in [0.29, 0.717) is 21.3 Å². The van der Waals surface area contributed by atoms with Gasteiger partial charge in [-0.2, -0.15) is 5.10 Å². The zero-order valence-corrected chi connectivity index (χ0v) is 14.0. The summed E-state index contributed by atoms with van der Waals surface area (Å²) in [6.45, 7) is 3.57. The second-order valence-corrected chi connectivity index (χ2v) is 6.13. The van der Waals surface area contributed by atoms with Crippen molar-refractivity contribution in [2.24, 2.45) is 0 Å². The second-order valence-electron chi connectivity index (χ2n) is 5.29. The van der Waals surface area contributed by atoms with E-state index < -0.39 is 11.7 Å². The summed E-state index contributed by atoms with van der Waals surface area (Å²) < 4.78 is 6.84. The van der Waals surface area contributed by atoms with Crippen molar-refractivity contribution in [3.63, 3.8) is 0 Å². The molecule has 0 saturated carbocycles. The van der Waals surface area contributed by atoms with Crippen LogP contribution in [0.15, 0.2) is 30.9 Å². The fourth-order valence-electron chi connectivity index (χ4n) is 1.86. The van der Waals surface area contributed by atoms with Gasteiger partial charge in [-0.1, -0.05) is 29.3 Å². The number of halogens is 2. The van der Waals surface area contributed by atoms with Gasteiger partial charge in [0, 0.05) is 17.2 Å². The van der Waals surface area contributed by atoms with Crippen molar-refractivity contribution in [3.05, 3.63) is 46.5 Å². The lowest BCUT2D eigenvalue weighted by atomic mass is 9.97. The van der Waals surface area contributed by atoms with Crippen LogP contribution in [-0.4, -0.2) is 38.7 Å². The van der Waals surface area contributed by atoms with Crippen molar-refractivity contribution in [1.29, 1.82) is 0 Å². The van der Waals surface area contributed by atoms with Crippen LogP contribution < -0.4 is 0 Å². The van der Waals surface area contributed by atoms with Crippen LogP contribution in [0.3, 0.4) is 0 Å². The van der Waals surface area contributed by atoms with Crippen molar-refractivity contribution in [2.75, 3.05) is 7.11 Å². The molecule has 0 aliphatic heterocycles. The largest absolute Gasteiger partial charge is 0.384 e. The van der Waals surface area contributed by atoms with Crippen LogP contribution in [0.5, 0.6) is 0 Å². The van der Waals surface area contributed by atoms with E-state index in [9.17, 15) is 5.11 Å². The fourth-order valence-corrected chi connectivity index (χ4v) is 2.32. The molecule has 0 amide bonds. The van der Waals surface area contributed by atoms with E-state index in [1.807, 2.05) is 0 Å². The van der Waals surface area contributed by atoms with Crippen LogP contribution in [0.1, 0.15) is 19.4 Å². The molecule has 1 atom stereocenters. The summed E-state index contributed by atoms with van der Waals surface area (Å²) in [4.78, 5) is 3.92. The molecule has 1 N–H and O–H groups in total. The normalized spacial score (nSPS) is 14.2. The van der Waals surface area contributed by atoms with Crippen molar-refractivity contribution in [3.8, 4) is 0 Å². The number of methoxy groups -OCH3 is 1. The van der Waals surface area contributed by atoms with Gasteiger partial charge >= 0.3 is 0 Å². The second kappa shape index (κ2) is 6.79. The fraction of sp³-hybridized carbons (Fsp3) is 0.333. The van der Waals surface area contributed by atoms with Crippen LogP contribution in [-0.2, 0) is 4.74 Å². The zero-order valence-electron chi connectivity index (χ0n) is 12.5. The van der Waals surface area contributed by atoms with E-state index >= 15 is 0 Å². The number of benzene rings is 1. The minimum Gasteiger partial charge on any atom is -0.384 e. The molecule has 0 aliphatic rings. The summed E-state index contributed by atoms with van der Waals surface area (Å²) in [5, 5.41) is 15.8. The van der Waals surface area contributed by atoms with E-state index in [-0.39, 0.29) is 0 Å². The Kier molecular flexibility index (Phi) is 5.24. The van der Waals surface area contributed by atoms with E-state index in [1.165, 1.54) is 24.4 Å². The highest BCUT2D eigenvalue weighted by Crippen LogP contribution is 2.28. The molecule has 0 aliphatic carbocycles. The van der Waals surface area contributed by atoms with Crippen LogP contribution in [0, 0.1) is 0 Å². The highest BCUT2D eigenvalue weighted by atomic mass is 35.5. The average Bonchev–Trinajstić information content (AvgIpc) is 3.00. The predicted octanol–water partition coefficient (Wildman–Crippen LogP) is 3.37. The van der Waals surface area contributed by atoms with Crippen molar-refractivity contribution in [2.45, 2.75) is 25.6 Å². The number of rotatable bonds is 5. The molecule has 1 heterocycles. The number of hydrogen-bond acceptors (Lipinski definition) is 4. The standard InChI is InChI=1S/C15H17Cl2N3O2/c1-15(2,22-3)14(21)13(20-9-18-8-19-20)6-10-4-5-11(16)7-12(10)17/h4-9,14,21H,1-3H3/b13-6+. The highest BCUT2D eigenvalue weighted by Gasteiger charge is 2.32. The minimum absolute atomic E-state index is 0.479. The molecule has 2 aromatic rings. The quantitative estimate of drug-likeness (QED) is 0.905. The molecule has 0 fully saturated rings. The Bertz CT molecular complexity index is 669. The third kappa shape index (κ3) is 3.67. The first-order valence-corrected chi connectivity index (χ1v) is 7.35. The number of nitrogens with zero attached hydrogens (tertiary/aromatic N) is 3. The van der Waals surface area contributed by atoms with Crippen LogP contribution >= 0.6 is 23.2 Å². The Morgan fingerprint density at radius 1 is 1.41 bits per heavy atom. The van der Waals surface area contributed by atoms with E-state index in [2.05, 4.69) is 10.1 Å². The molecule has 22 heavy (non-hydrogen) atoms. The molecule has 118 valence electrons. The lowest BCUT2D eigenvalue weighted by Crippen LogP contribution is -2.40. The zero-order chi connectivity index (χ0) is 16.3. The first-order valence-electron chi connectivity index (χ1n) is 6.60. The minimum atomic E-state index is -0.939. The molecule has 0 spiro atoms. The van der Waals surface area contributed by atoms with Gasteiger partial charge in [0.05, 0.1) is 11.3 Å². The monoisotopic (exact) mass is 341 g/mol. The average molecular weight is 342 g/mol. The molecule has 0 radical (unpaired) electrons. The predicted molar refractivity (Wildman–Crippen MR) is 87.7 cm³/mol. The van der Waals surface area contributed by atoms with Gasteiger partial charge in [-0.15, -0.1) is 0 Å². The van der Waals surface area contributed by atoms with Crippen molar-refractivity contribution < 1.29 is 9.84 Å². The summed E-state index contributed by atoms with van der Waals surface area (Å²) in [6, 6.07) is 5.14. The van der Waals surface area contributed by atoms with Gasteiger partial charge in [0.2, 0.25) is 0 Å². The van der Waals surface area contributed by atoms with Gasteiger partial charge in [0.25, 0.3) is 0 Å². The highest BCUT2D eigenvalue weighted by molar-refractivity contribution is 6.35. The number of aliphatic hydroxyl groups is 1. The van der Waals surface area contributed by atoms with Crippen LogP contribution in [0.2, 0.25) is 10.0 Å². The first-order chi connectivity index (χ1) is 10.3. The van der Waals surface area contributed by atoms with Gasteiger partial charge in [0.15, 0.2) is 0 Å². The van der Waals surface area contributed by atoms with Gasteiger partial charge in [-0.3, -0.25) is 0 Å². The maximum absolute atomic E-state index is 10.7.